The zero-order chi connectivity index (χ0) is 17.2. The number of aryl methyl sites for hydroxylation is 1. The molecule has 0 aliphatic heterocycles. The maximum atomic E-state index is 5.22. The van der Waals surface area contributed by atoms with Crippen LogP contribution in [0.25, 0.3) is 22.3 Å². The van der Waals surface area contributed by atoms with Gasteiger partial charge in [0.1, 0.15) is 23.5 Å². The van der Waals surface area contributed by atoms with Gasteiger partial charge in [0.05, 0.1) is 12.5 Å². The number of anilines is 2. The van der Waals surface area contributed by atoms with Crippen LogP contribution in [-0.4, -0.2) is 22.1 Å². The molecular weight excluding hydrogens is 312 g/mol. The molecule has 0 radical (unpaired) electrons. The van der Waals surface area contributed by atoms with E-state index in [1.165, 1.54) is 5.56 Å². The number of nitrogens with one attached hydrogen (secondary N) is 2. The third-order valence-electron chi connectivity index (χ3n) is 4.11. The molecule has 0 spiro atoms. The Kier molecular flexibility index (Phi) is 3.82. The Hall–Kier alpha value is -3.34. The van der Waals surface area contributed by atoms with Crippen LogP contribution in [0.3, 0.4) is 0 Å². The normalized spacial score (nSPS) is 10.8. The van der Waals surface area contributed by atoms with E-state index in [9.17, 15) is 0 Å². The molecule has 2 heterocycles. The minimum atomic E-state index is 0.784. The van der Waals surface area contributed by atoms with Crippen LogP contribution in [0.2, 0.25) is 0 Å². The Morgan fingerprint density at radius 2 is 1.84 bits per heavy atom. The molecule has 0 aliphatic rings. The van der Waals surface area contributed by atoms with Gasteiger partial charge in [-0.15, -0.1) is 0 Å². The van der Waals surface area contributed by atoms with Crippen molar-refractivity contribution in [2.45, 2.75) is 6.92 Å². The predicted octanol–water partition coefficient (Wildman–Crippen LogP) is 4.69. The number of H-pyrrole nitrogens is 1. The van der Waals surface area contributed by atoms with Gasteiger partial charge in [-0.05, 0) is 60.5 Å². The van der Waals surface area contributed by atoms with Crippen LogP contribution in [0, 0.1) is 6.92 Å². The van der Waals surface area contributed by atoms with Crippen molar-refractivity contribution in [3.8, 4) is 17.0 Å². The first kappa shape index (κ1) is 15.2. The molecule has 0 amide bonds. The number of aromatic nitrogens is 3. The summed E-state index contributed by atoms with van der Waals surface area (Å²) in [6, 6.07) is 18.2. The lowest BCUT2D eigenvalue weighted by Gasteiger charge is -2.06. The van der Waals surface area contributed by atoms with Gasteiger partial charge in [0.25, 0.3) is 0 Å². The summed E-state index contributed by atoms with van der Waals surface area (Å²) < 4.78 is 5.22. The van der Waals surface area contributed by atoms with E-state index in [-0.39, 0.29) is 0 Å². The molecule has 0 aliphatic carbocycles. The van der Waals surface area contributed by atoms with Crippen molar-refractivity contribution in [2.24, 2.45) is 0 Å². The van der Waals surface area contributed by atoms with Crippen molar-refractivity contribution in [1.82, 2.24) is 15.0 Å². The number of benzene rings is 2. The Balaban J connectivity index is 1.73. The lowest BCUT2D eigenvalue weighted by atomic mass is 10.1. The minimum absolute atomic E-state index is 0.784. The van der Waals surface area contributed by atoms with Crippen LogP contribution < -0.4 is 10.1 Å². The second-order valence-corrected chi connectivity index (χ2v) is 5.89. The highest BCUT2D eigenvalue weighted by atomic mass is 16.5. The maximum absolute atomic E-state index is 5.22. The Labute approximate surface area is 145 Å². The number of aromatic amines is 1. The highest BCUT2D eigenvalue weighted by Gasteiger charge is 2.10. The molecule has 0 fully saturated rings. The molecule has 2 aromatic carbocycles. The van der Waals surface area contributed by atoms with Crippen molar-refractivity contribution in [2.75, 3.05) is 12.4 Å². The van der Waals surface area contributed by atoms with E-state index in [0.717, 1.165) is 39.5 Å². The zero-order valence-corrected chi connectivity index (χ0v) is 14.1. The number of methoxy groups -OCH3 is 1. The Morgan fingerprint density at radius 1 is 1.00 bits per heavy atom. The summed E-state index contributed by atoms with van der Waals surface area (Å²) in [6.45, 7) is 2.07. The fourth-order valence-electron chi connectivity index (χ4n) is 2.83. The summed E-state index contributed by atoms with van der Waals surface area (Å²) in [6.07, 6.45) is 1.56. The monoisotopic (exact) mass is 330 g/mol. The van der Waals surface area contributed by atoms with E-state index in [2.05, 4.69) is 45.4 Å². The van der Waals surface area contributed by atoms with E-state index in [1.807, 2.05) is 36.4 Å². The van der Waals surface area contributed by atoms with Crippen LogP contribution in [-0.2, 0) is 0 Å². The van der Waals surface area contributed by atoms with Gasteiger partial charge in [-0.1, -0.05) is 12.1 Å². The van der Waals surface area contributed by atoms with Gasteiger partial charge in [-0.2, -0.15) is 0 Å². The van der Waals surface area contributed by atoms with Crippen LogP contribution >= 0.6 is 0 Å². The second-order valence-electron chi connectivity index (χ2n) is 5.89. The minimum Gasteiger partial charge on any atom is -0.497 e. The Morgan fingerprint density at radius 3 is 2.60 bits per heavy atom. The second kappa shape index (κ2) is 6.28. The summed E-state index contributed by atoms with van der Waals surface area (Å²) in [4.78, 5) is 12.1. The predicted molar refractivity (Wildman–Crippen MR) is 100 cm³/mol. The molecule has 2 N–H and O–H groups in total. The summed E-state index contributed by atoms with van der Waals surface area (Å²) in [7, 11) is 1.66. The molecular formula is C20H18N4O. The van der Waals surface area contributed by atoms with Gasteiger partial charge in [0.15, 0.2) is 0 Å². The number of hydrogen-bond donors (Lipinski definition) is 2. The van der Waals surface area contributed by atoms with Crippen molar-refractivity contribution < 1.29 is 4.74 Å². The van der Waals surface area contributed by atoms with Crippen LogP contribution in [0.5, 0.6) is 5.75 Å². The first-order chi connectivity index (χ1) is 12.2. The molecule has 4 aromatic rings. The first-order valence-corrected chi connectivity index (χ1v) is 8.05. The topological polar surface area (TPSA) is 62.8 Å². The molecule has 5 heteroatoms. The smallest absolute Gasteiger partial charge is 0.143 e. The summed E-state index contributed by atoms with van der Waals surface area (Å²) >= 11 is 0. The van der Waals surface area contributed by atoms with Gasteiger partial charge in [0, 0.05) is 11.4 Å². The van der Waals surface area contributed by atoms with Crippen LogP contribution in [0.4, 0.5) is 11.5 Å². The molecule has 2 aromatic heterocycles. The van der Waals surface area contributed by atoms with Gasteiger partial charge >= 0.3 is 0 Å². The third-order valence-corrected chi connectivity index (χ3v) is 4.11. The van der Waals surface area contributed by atoms with Gasteiger partial charge in [-0.3, -0.25) is 0 Å². The standard InChI is InChI=1S/C20H18N4O/c1-13-4-3-5-15(10-13)23-19-17-11-18(24-20(17)22-12-21-19)14-6-8-16(25-2)9-7-14/h3-12H,1-2H3,(H2,21,22,23,24). The highest BCUT2D eigenvalue weighted by molar-refractivity contribution is 5.92. The first-order valence-electron chi connectivity index (χ1n) is 8.05. The zero-order valence-electron chi connectivity index (χ0n) is 14.1. The molecule has 124 valence electrons. The largest absolute Gasteiger partial charge is 0.497 e. The van der Waals surface area contributed by atoms with Crippen molar-refractivity contribution in [1.29, 1.82) is 0 Å². The molecule has 0 saturated carbocycles. The lowest BCUT2D eigenvalue weighted by molar-refractivity contribution is 0.415. The van der Waals surface area contributed by atoms with Gasteiger partial charge in [-0.25, -0.2) is 9.97 Å². The molecule has 0 saturated heterocycles. The number of hydrogen-bond acceptors (Lipinski definition) is 4. The maximum Gasteiger partial charge on any atom is 0.143 e. The van der Waals surface area contributed by atoms with E-state index >= 15 is 0 Å². The number of nitrogens with zero attached hydrogens (tertiary/aromatic N) is 2. The van der Waals surface area contributed by atoms with E-state index in [1.54, 1.807) is 13.4 Å². The summed E-state index contributed by atoms with van der Waals surface area (Å²) in [5, 5.41) is 4.33. The summed E-state index contributed by atoms with van der Waals surface area (Å²) in [5.41, 5.74) is 5.07. The fraction of sp³-hybridized carbons (Fsp3) is 0.100. The van der Waals surface area contributed by atoms with E-state index < -0.39 is 0 Å². The quantitative estimate of drug-likeness (QED) is 0.570. The average Bonchev–Trinajstić information content (AvgIpc) is 3.07. The number of fused-ring (bicyclic) bond motifs is 1. The summed E-state index contributed by atoms with van der Waals surface area (Å²) in [5.74, 6) is 1.62. The molecule has 4 rings (SSSR count). The van der Waals surface area contributed by atoms with Crippen LogP contribution in [0.15, 0.2) is 60.9 Å². The van der Waals surface area contributed by atoms with E-state index in [0.29, 0.717) is 0 Å². The van der Waals surface area contributed by atoms with Crippen LogP contribution in [0.1, 0.15) is 5.56 Å². The number of ether oxygens (including phenoxy) is 1. The average molecular weight is 330 g/mol. The van der Waals surface area contributed by atoms with Crippen molar-refractivity contribution in [3.05, 3.63) is 66.5 Å². The van der Waals surface area contributed by atoms with Gasteiger partial charge in [0.2, 0.25) is 0 Å². The molecule has 0 unspecified atom stereocenters. The van der Waals surface area contributed by atoms with Crippen molar-refractivity contribution in [3.63, 3.8) is 0 Å². The molecule has 0 atom stereocenters. The molecule has 25 heavy (non-hydrogen) atoms. The Bertz CT molecular complexity index is 1020. The highest BCUT2D eigenvalue weighted by Crippen LogP contribution is 2.29. The van der Waals surface area contributed by atoms with Gasteiger partial charge < -0.3 is 15.0 Å². The van der Waals surface area contributed by atoms with E-state index in [4.69, 9.17) is 4.74 Å². The SMILES string of the molecule is COc1ccc(-c2cc3c(Nc4cccc(C)c4)ncnc3[nH]2)cc1. The lowest BCUT2D eigenvalue weighted by Crippen LogP contribution is -1.95. The fourth-order valence-corrected chi connectivity index (χ4v) is 2.83. The van der Waals surface area contributed by atoms with Crippen molar-refractivity contribution >= 4 is 22.5 Å². The molecule has 0 bridgehead atoms. The molecule has 5 nitrogen and oxygen atoms in total. The third kappa shape index (κ3) is 3.04. The number of rotatable bonds is 4.